The molecule has 1 unspecified atom stereocenters. The normalized spacial score (nSPS) is 12.3. The van der Waals surface area contributed by atoms with E-state index >= 15 is 0 Å². The molecule has 0 aliphatic heterocycles. The fourth-order valence-corrected chi connectivity index (χ4v) is 1.92. The molecular formula is C17H26N2O4. The summed E-state index contributed by atoms with van der Waals surface area (Å²) < 4.78 is 10.0. The van der Waals surface area contributed by atoms with Gasteiger partial charge in [-0.05, 0) is 45.4 Å². The van der Waals surface area contributed by atoms with Crippen LogP contribution in [-0.4, -0.2) is 42.8 Å². The number of carbonyl (C=O) groups is 2. The second-order valence-electron chi connectivity index (χ2n) is 6.43. The maximum absolute atomic E-state index is 12.0. The second kappa shape index (κ2) is 7.85. The number of anilines is 1. The summed E-state index contributed by atoms with van der Waals surface area (Å²) in [5.74, 6) is -0.332. The van der Waals surface area contributed by atoms with Crippen molar-refractivity contribution in [2.45, 2.75) is 45.9 Å². The van der Waals surface area contributed by atoms with E-state index in [-0.39, 0.29) is 12.1 Å². The van der Waals surface area contributed by atoms with E-state index < -0.39 is 11.6 Å². The lowest BCUT2D eigenvalue weighted by atomic mass is 10.1. The van der Waals surface area contributed by atoms with Crippen molar-refractivity contribution in [3.63, 3.8) is 0 Å². The van der Waals surface area contributed by atoms with Crippen molar-refractivity contribution < 1.29 is 19.1 Å². The number of nitrogens with zero attached hydrogens (tertiary/aromatic N) is 1. The van der Waals surface area contributed by atoms with Gasteiger partial charge < -0.3 is 19.7 Å². The zero-order valence-corrected chi connectivity index (χ0v) is 14.7. The van der Waals surface area contributed by atoms with Crippen LogP contribution in [0.4, 0.5) is 10.5 Å². The predicted octanol–water partition coefficient (Wildman–Crippen LogP) is 3.03. The summed E-state index contributed by atoms with van der Waals surface area (Å²) in [6.45, 7) is 7.63. The summed E-state index contributed by atoms with van der Waals surface area (Å²) in [4.78, 5) is 24.9. The highest BCUT2D eigenvalue weighted by molar-refractivity contribution is 5.78. The van der Waals surface area contributed by atoms with Crippen LogP contribution in [0.3, 0.4) is 0 Å². The topological polar surface area (TPSA) is 67.9 Å². The monoisotopic (exact) mass is 322 g/mol. The first kappa shape index (κ1) is 18.8. The Bertz CT molecular complexity index is 552. The van der Waals surface area contributed by atoms with Gasteiger partial charge >= 0.3 is 12.1 Å². The standard InChI is InChI=1S/C17H26N2O4/c1-12(15(20)22-6)18-14-9-7-8-13(10-14)11-19(5)16(21)23-17(2,3)4/h7-10,12,18H,11H2,1-6H3. The summed E-state index contributed by atoms with van der Waals surface area (Å²) in [6, 6.07) is 7.08. The van der Waals surface area contributed by atoms with Crippen LogP contribution in [-0.2, 0) is 20.8 Å². The largest absolute Gasteiger partial charge is 0.467 e. The van der Waals surface area contributed by atoms with Gasteiger partial charge in [0, 0.05) is 19.3 Å². The Morgan fingerprint density at radius 3 is 2.52 bits per heavy atom. The molecule has 0 aliphatic rings. The van der Waals surface area contributed by atoms with Crippen LogP contribution in [0, 0.1) is 0 Å². The zero-order chi connectivity index (χ0) is 17.6. The molecule has 1 amide bonds. The highest BCUT2D eigenvalue weighted by Crippen LogP contribution is 2.15. The van der Waals surface area contributed by atoms with Crippen molar-refractivity contribution in [2.24, 2.45) is 0 Å². The number of carbonyl (C=O) groups excluding carboxylic acids is 2. The summed E-state index contributed by atoms with van der Waals surface area (Å²) in [6.07, 6.45) is -0.376. The predicted molar refractivity (Wildman–Crippen MR) is 89.2 cm³/mol. The highest BCUT2D eigenvalue weighted by atomic mass is 16.6. The number of amides is 1. The van der Waals surface area contributed by atoms with Gasteiger partial charge in [0.15, 0.2) is 0 Å². The van der Waals surface area contributed by atoms with E-state index in [0.717, 1.165) is 11.3 Å². The van der Waals surface area contributed by atoms with Crippen molar-refractivity contribution in [1.82, 2.24) is 4.90 Å². The molecule has 0 radical (unpaired) electrons. The molecule has 0 aromatic heterocycles. The highest BCUT2D eigenvalue weighted by Gasteiger charge is 2.19. The first-order valence-electron chi connectivity index (χ1n) is 7.50. The van der Waals surface area contributed by atoms with Gasteiger partial charge in [0.1, 0.15) is 11.6 Å². The van der Waals surface area contributed by atoms with Gasteiger partial charge in [0.2, 0.25) is 0 Å². The smallest absolute Gasteiger partial charge is 0.410 e. The number of ether oxygens (including phenoxy) is 2. The molecule has 23 heavy (non-hydrogen) atoms. The molecule has 6 heteroatoms. The van der Waals surface area contributed by atoms with E-state index in [1.54, 1.807) is 14.0 Å². The van der Waals surface area contributed by atoms with Crippen molar-refractivity contribution in [3.8, 4) is 0 Å². The Morgan fingerprint density at radius 2 is 1.96 bits per heavy atom. The molecule has 0 fully saturated rings. The van der Waals surface area contributed by atoms with Crippen LogP contribution in [0.25, 0.3) is 0 Å². The van der Waals surface area contributed by atoms with Gasteiger partial charge in [-0.3, -0.25) is 0 Å². The van der Waals surface area contributed by atoms with E-state index in [0.29, 0.717) is 6.54 Å². The Labute approximate surface area is 137 Å². The van der Waals surface area contributed by atoms with Crippen LogP contribution in [0.2, 0.25) is 0 Å². The van der Waals surface area contributed by atoms with Gasteiger partial charge in [-0.15, -0.1) is 0 Å². The average molecular weight is 322 g/mol. The van der Waals surface area contributed by atoms with Crippen LogP contribution in [0.1, 0.15) is 33.3 Å². The van der Waals surface area contributed by atoms with Crippen LogP contribution < -0.4 is 5.32 Å². The van der Waals surface area contributed by atoms with Gasteiger partial charge in [0.05, 0.1) is 7.11 Å². The van der Waals surface area contributed by atoms with Gasteiger partial charge in [-0.2, -0.15) is 0 Å². The van der Waals surface area contributed by atoms with Gasteiger partial charge in [0.25, 0.3) is 0 Å². The maximum atomic E-state index is 12.0. The number of benzene rings is 1. The minimum atomic E-state index is -0.523. The fraction of sp³-hybridized carbons (Fsp3) is 0.529. The second-order valence-corrected chi connectivity index (χ2v) is 6.43. The van der Waals surface area contributed by atoms with Crippen molar-refractivity contribution >= 4 is 17.7 Å². The Morgan fingerprint density at radius 1 is 1.30 bits per heavy atom. The first-order chi connectivity index (χ1) is 10.6. The quantitative estimate of drug-likeness (QED) is 0.844. The van der Waals surface area contributed by atoms with E-state index in [2.05, 4.69) is 10.1 Å². The van der Waals surface area contributed by atoms with Crippen LogP contribution in [0.15, 0.2) is 24.3 Å². The first-order valence-corrected chi connectivity index (χ1v) is 7.50. The number of nitrogens with one attached hydrogen (secondary N) is 1. The minimum Gasteiger partial charge on any atom is -0.467 e. The Kier molecular flexibility index (Phi) is 6.42. The number of esters is 1. The summed E-state index contributed by atoms with van der Waals surface area (Å²) in [5, 5.41) is 3.06. The SMILES string of the molecule is COC(=O)C(C)Nc1cccc(CN(C)C(=O)OC(C)(C)C)c1. The maximum Gasteiger partial charge on any atom is 0.410 e. The molecule has 1 rings (SSSR count). The molecule has 0 saturated carbocycles. The Balaban J connectivity index is 2.70. The number of methoxy groups -OCH3 is 1. The molecular weight excluding hydrogens is 296 g/mol. The van der Waals surface area contributed by atoms with E-state index in [1.807, 2.05) is 45.0 Å². The lowest BCUT2D eigenvalue weighted by Gasteiger charge is -2.24. The van der Waals surface area contributed by atoms with E-state index in [4.69, 9.17) is 4.74 Å². The third-order valence-corrected chi connectivity index (χ3v) is 2.99. The van der Waals surface area contributed by atoms with Crippen molar-refractivity contribution in [2.75, 3.05) is 19.5 Å². The lowest BCUT2D eigenvalue weighted by molar-refractivity contribution is -0.141. The molecule has 0 spiro atoms. The van der Waals surface area contributed by atoms with E-state index in [1.165, 1.54) is 12.0 Å². The summed E-state index contributed by atoms with van der Waals surface area (Å²) >= 11 is 0. The van der Waals surface area contributed by atoms with Gasteiger partial charge in [-0.1, -0.05) is 12.1 Å². The molecule has 1 aromatic carbocycles. The molecule has 0 aliphatic carbocycles. The number of rotatable bonds is 5. The average Bonchev–Trinajstić information content (AvgIpc) is 2.44. The zero-order valence-electron chi connectivity index (χ0n) is 14.7. The summed E-state index contributed by atoms with van der Waals surface area (Å²) in [7, 11) is 3.04. The Hall–Kier alpha value is -2.24. The summed E-state index contributed by atoms with van der Waals surface area (Å²) in [5.41, 5.74) is 1.20. The molecule has 6 nitrogen and oxygen atoms in total. The van der Waals surface area contributed by atoms with Crippen LogP contribution in [0.5, 0.6) is 0 Å². The molecule has 1 aromatic rings. The van der Waals surface area contributed by atoms with Crippen molar-refractivity contribution in [3.05, 3.63) is 29.8 Å². The van der Waals surface area contributed by atoms with Gasteiger partial charge in [-0.25, -0.2) is 9.59 Å². The molecule has 0 saturated heterocycles. The molecule has 0 bridgehead atoms. The molecule has 0 heterocycles. The van der Waals surface area contributed by atoms with E-state index in [9.17, 15) is 9.59 Å². The van der Waals surface area contributed by atoms with Crippen LogP contribution >= 0.6 is 0 Å². The molecule has 1 N–H and O–H groups in total. The third kappa shape index (κ3) is 6.59. The molecule has 128 valence electrons. The van der Waals surface area contributed by atoms with Crippen molar-refractivity contribution in [1.29, 1.82) is 0 Å². The number of hydrogen-bond acceptors (Lipinski definition) is 5. The molecule has 1 atom stereocenters. The minimum absolute atomic E-state index is 0.332. The fourth-order valence-electron chi connectivity index (χ4n) is 1.92. The number of hydrogen-bond donors (Lipinski definition) is 1. The lowest BCUT2D eigenvalue weighted by Crippen LogP contribution is -2.33. The third-order valence-electron chi connectivity index (χ3n) is 2.99.